The maximum Gasteiger partial charge on any atom is 0.410 e. The Kier molecular flexibility index (Phi) is 20.7. The predicted octanol–water partition coefficient (Wildman–Crippen LogP) is 6.34. The van der Waals surface area contributed by atoms with E-state index >= 15 is 0 Å². The summed E-state index contributed by atoms with van der Waals surface area (Å²) >= 11 is 0. The van der Waals surface area contributed by atoms with Gasteiger partial charge in [-0.25, -0.2) is 4.79 Å². The van der Waals surface area contributed by atoms with Gasteiger partial charge in [-0.1, -0.05) is 77.7 Å². The number of esters is 1. The molecule has 12 heteroatoms. The van der Waals surface area contributed by atoms with E-state index in [9.17, 15) is 30.0 Å². The van der Waals surface area contributed by atoms with Crippen molar-refractivity contribution in [1.82, 2.24) is 9.80 Å². The number of hydrogen-bond acceptors (Lipinski definition) is 11. The molecule has 328 valence electrons. The van der Waals surface area contributed by atoms with Crippen molar-refractivity contribution in [1.29, 1.82) is 0 Å². The first-order valence-electron chi connectivity index (χ1n) is 21.9. The van der Waals surface area contributed by atoms with E-state index in [-0.39, 0.29) is 43.6 Å². The number of carbonyl (C=O) groups is 2. The summed E-state index contributed by atoms with van der Waals surface area (Å²) in [6.07, 6.45) is 13.0. The molecule has 1 amide bonds. The molecule has 57 heavy (non-hydrogen) atoms. The van der Waals surface area contributed by atoms with Crippen LogP contribution in [-0.4, -0.2) is 136 Å². The molecule has 0 aromatic carbocycles. The maximum atomic E-state index is 13.9. The number of cyclic esters (lactones) is 1. The number of nitrogens with zero attached hydrogens (tertiary/aromatic N) is 2. The molecule has 3 aliphatic rings. The van der Waals surface area contributed by atoms with E-state index in [2.05, 4.69) is 4.90 Å². The van der Waals surface area contributed by atoms with Gasteiger partial charge in [-0.2, -0.15) is 0 Å². The van der Waals surface area contributed by atoms with E-state index in [0.29, 0.717) is 50.8 Å². The highest BCUT2D eigenvalue weighted by Crippen LogP contribution is 2.32. The van der Waals surface area contributed by atoms with Crippen LogP contribution in [0.5, 0.6) is 0 Å². The average molecular weight is 807 g/mol. The third-order valence-electron chi connectivity index (χ3n) is 12.7. The van der Waals surface area contributed by atoms with Crippen LogP contribution >= 0.6 is 0 Å². The second-order valence-electron chi connectivity index (χ2n) is 17.5. The Hall–Kier alpha value is -2.32. The Bertz CT molecular complexity index is 1290. The lowest BCUT2D eigenvalue weighted by Crippen LogP contribution is -2.53. The smallest absolute Gasteiger partial charge is 0.410 e. The topological polar surface area (TPSA) is 158 Å². The number of carbonyl (C=O) groups excluding carboxylic acids is 2. The van der Waals surface area contributed by atoms with Gasteiger partial charge in [0.1, 0.15) is 11.7 Å². The zero-order valence-electron chi connectivity index (χ0n) is 36.4. The van der Waals surface area contributed by atoms with Gasteiger partial charge in [0.25, 0.3) is 0 Å². The van der Waals surface area contributed by atoms with E-state index < -0.39 is 53.8 Å². The minimum Gasteiger partial charge on any atom is -0.457 e. The van der Waals surface area contributed by atoms with Crippen LogP contribution in [0.15, 0.2) is 36.0 Å². The number of rotatable bonds is 16. The third-order valence-corrected chi connectivity index (χ3v) is 12.7. The number of ether oxygens (including phenoxy) is 4. The van der Waals surface area contributed by atoms with Crippen molar-refractivity contribution in [2.75, 3.05) is 46.0 Å². The second kappa shape index (κ2) is 24.1. The molecule has 1 aliphatic carbocycles. The largest absolute Gasteiger partial charge is 0.457 e. The Morgan fingerprint density at radius 1 is 1.02 bits per heavy atom. The summed E-state index contributed by atoms with van der Waals surface area (Å²) in [5.41, 5.74) is -1.67. The van der Waals surface area contributed by atoms with Crippen molar-refractivity contribution in [2.24, 2.45) is 17.8 Å². The molecule has 2 aliphatic heterocycles. The normalized spacial score (nSPS) is 30.6. The number of aliphatic hydroxyl groups excluding tert-OH is 3. The fourth-order valence-electron chi connectivity index (χ4n) is 8.40. The van der Waals surface area contributed by atoms with Crippen molar-refractivity contribution < 1.29 is 49.0 Å². The molecule has 1 saturated heterocycles. The lowest BCUT2D eigenvalue weighted by atomic mass is 9.81. The van der Waals surface area contributed by atoms with Crippen LogP contribution < -0.4 is 0 Å². The van der Waals surface area contributed by atoms with Crippen LogP contribution in [0.25, 0.3) is 0 Å². The molecule has 12 nitrogen and oxygen atoms in total. The molecule has 0 aromatic heterocycles. The van der Waals surface area contributed by atoms with Crippen molar-refractivity contribution in [2.45, 2.75) is 174 Å². The fraction of sp³-hybridized carbons (Fsp3) is 0.822. The van der Waals surface area contributed by atoms with E-state index in [1.807, 2.05) is 60.6 Å². The van der Waals surface area contributed by atoms with Gasteiger partial charge in [0, 0.05) is 51.2 Å². The predicted molar refractivity (Wildman–Crippen MR) is 223 cm³/mol. The zero-order valence-corrected chi connectivity index (χ0v) is 36.4. The molecule has 10 unspecified atom stereocenters. The van der Waals surface area contributed by atoms with Crippen molar-refractivity contribution >= 4 is 12.1 Å². The van der Waals surface area contributed by atoms with Crippen molar-refractivity contribution in [3.63, 3.8) is 0 Å². The van der Waals surface area contributed by atoms with E-state index in [0.717, 1.165) is 13.1 Å². The highest BCUT2D eigenvalue weighted by Gasteiger charge is 2.40. The van der Waals surface area contributed by atoms with Gasteiger partial charge in [-0.15, -0.1) is 0 Å². The number of piperazine rings is 1. The lowest BCUT2D eigenvalue weighted by Gasteiger charge is -2.41. The molecule has 0 bridgehead atoms. The van der Waals surface area contributed by atoms with E-state index in [1.54, 1.807) is 30.1 Å². The standard InChI is InChI=1S/C45H78N2O10/c1-9-38(49)34(5)35(6)39(50)31-44(7,53)22-15-16-32(3)42-33(4)19-20-40(45(8,55-29-28-54-10-2)23-21-37(48)30-41(51)57-42)56-43(52)47-26-24-46(25-27-47)36-17-13-11-12-14-18-36/h15-16,19-20,22,33-40,42,48-50,53H,9-14,17-18,21,23-31H2,1-8H3/b20-19+,22-15+,32-16+. The van der Waals surface area contributed by atoms with Crippen molar-refractivity contribution in [3.8, 4) is 0 Å². The number of amides is 1. The van der Waals surface area contributed by atoms with Crippen LogP contribution in [0.3, 0.4) is 0 Å². The van der Waals surface area contributed by atoms with Gasteiger partial charge in [0.15, 0.2) is 6.10 Å². The molecular formula is C45H78N2O10. The zero-order chi connectivity index (χ0) is 42.2. The summed E-state index contributed by atoms with van der Waals surface area (Å²) in [6, 6.07) is 0.579. The maximum absolute atomic E-state index is 13.9. The molecule has 3 rings (SSSR count). The van der Waals surface area contributed by atoms with E-state index in [4.69, 9.17) is 18.9 Å². The van der Waals surface area contributed by atoms with Gasteiger partial charge in [0.05, 0.1) is 43.5 Å². The molecule has 4 N–H and O–H groups in total. The Balaban J connectivity index is 1.83. The van der Waals surface area contributed by atoms with Gasteiger partial charge in [-0.3, -0.25) is 9.69 Å². The minimum atomic E-state index is -1.34. The van der Waals surface area contributed by atoms with Gasteiger partial charge < -0.3 is 44.3 Å². The molecule has 1 saturated carbocycles. The SMILES string of the molecule is CCOCCOC1(C)CCC(O)CC(=O)OC(/C(C)=C/C=C/C(C)(O)CC(O)C(C)C(C)C(O)CC)C(C)/C=C/C1OC(=O)N1CCN(C2CCCCCC2)CC1. The summed E-state index contributed by atoms with van der Waals surface area (Å²) in [6.45, 7) is 18.8. The first-order chi connectivity index (χ1) is 27.0. The molecular weight excluding hydrogens is 728 g/mol. The second-order valence-corrected chi connectivity index (χ2v) is 17.5. The highest BCUT2D eigenvalue weighted by atomic mass is 16.6. The van der Waals surface area contributed by atoms with Crippen LogP contribution in [0.2, 0.25) is 0 Å². The molecule has 0 aromatic rings. The first-order valence-corrected chi connectivity index (χ1v) is 21.9. The quantitative estimate of drug-likeness (QED) is 0.0454. The van der Waals surface area contributed by atoms with Crippen molar-refractivity contribution in [3.05, 3.63) is 36.0 Å². The molecule has 2 heterocycles. The summed E-state index contributed by atoms with van der Waals surface area (Å²) in [5, 5.41) is 43.3. The Morgan fingerprint density at radius 3 is 2.30 bits per heavy atom. The molecule has 0 spiro atoms. The van der Waals surface area contributed by atoms with Gasteiger partial charge in [-0.05, 0) is 83.3 Å². The van der Waals surface area contributed by atoms with Gasteiger partial charge in [0.2, 0.25) is 0 Å². The third kappa shape index (κ3) is 16.0. The highest BCUT2D eigenvalue weighted by molar-refractivity contribution is 5.70. The first kappa shape index (κ1) is 49.0. The average Bonchev–Trinajstić information content (AvgIpc) is 3.47. The summed E-state index contributed by atoms with van der Waals surface area (Å²) in [4.78, 5) is 31.4. The lowest BCUT2D eigenvalue weighted by molar-refractivity contribution is -0.152. The summed E-state index contributed by atoms with van der Waals surface area (Å²) in [5.74, 6) is -1.27. The molecule has 2 fully saturated rings. The molecule has 0 radical (unpaired) electrons. The fourth-order valence-corrected chi connectivity index (χ4v) is 8.40. The Morgan fingerprint density at radius 2 is 1.67 bits per heavy atom. The summed E-state index contributed by atoms with van der Waals surface area (Å²) in [7, 11) is 0. The van der Waals surface area contributed by atoms with E-state index in [1.165, 1.54) is 38.5 Å². The molecule has 10 atom stereocenters. The number of hydrogen-bond donors (Lipinski definition) is 4. The van der Waals surface area contributed by atoms with Crippen LogP contribution in [-0.2, 0) is 23.7 Å². The Labute approximate surface area is 343 Å². The number of allylic oxidation sites excluding steroid dienone is 2. The van der Waals surface area contributed by atoms with Crippen LogP contribution in [0.4, 0.5) is 4.79 Å². The number of aliphatic hydroxyl groups is 4. The van der Waals surface area contributed by atoms with Crippen LogP contribution in [0.1, 0.15) is 126 Å². The monoisotopic (exact) mass is 807 g/mol. The van der Waals surface area contributed by atoms with Gasteiger partial charge >= 0.3 is 12.1 Å². The van der Waals surface area contributed by atoms with Crippen LogP contribution in [0, 0.1) is 17.8 Å². The minimum absolute atomic E-state index is 0.0789. The summed E-state index contributed by atoms with van der Waals surface area (Å²) < 4.78 is 24.3.